The first-order chi connectivity index (χ1) is 16.1. The van der Waals surface area contributed by atoms with E-state index >= 15 is 0 Å². The highest BCUT2D eigenvalue weighted by Crippen LogP contribution is 2.36. The van der Waals surface area contributed by atoms with Crippen molar-refractivity contribution in [2.24, 2.45) is 0 Å². The largest absolute Gasteiger partial charge is 0.497 e. The number of benzene rings is 1. The van der Waals surface area contributed by atoms with Crippen LogP contribution < -0.4 is 15.0 Å². The zero-order chi connectivity index (χ0) is 22.9. The number of tetrazole rings is 1. The molecule has 5 rings (SSSR count). The first-order valence-electron chi connectivity index (χ1n) is 9.81. The van der Waals surface area contributed by atoms with Gasteiger partial charge in [0.05, 0.1) is 31.1 Å². The highest BCUT2D eigenvalue weighted by atomic mass is 32.2. The van der Waals surface area contributed by atoms with Crippen molar-refractivity contribution >= 4 is 33.3 Å². The van der Waals surface area contributed by atoms with E-state index in [1.807, 2.05) is 18.4 Å². The molecule has 0 saturated heterocycles. The van der Waals surface area contributed by atoms with Crippen molar-refractivity contribution in [3.8, 4) is 28.5 Å². The fourth-order valence-corrected chi connectivity index (χ4v) is 5.14. The number of nitrogens with one attached hydrogen (secondary N) is 1. The lowest BCUT2D eigenvalue weighted by Crippen LogP contribution is -2.12. The van der Waals surface area contributed by atoms with Gasteiger partial charge in [0, 0.05) is 17.0 Å². The second kappa shape index (κ2) is 8.71. The number of thiophene rings is 1. The van der Waals surface area contributed by atoms with Crippen LogP contribution in [0.5, 0.6) is 11.5 Å². The molecule has 0 spiro atoms. The molecule has 4 aromatic heterocycles. The van der Waals surface area contributed by atoms with Crippen LogP contribution >= 0.6 is 23.1 Å². The van der Waals surface area contributed by atoms with E-state index in [4.69, 9.17) is 13.9 Å². The lowest BCUT2D eigenvalue weighted by molar-refractivity contribution is 0.399. The second-order valence-electron chi connectivity index (χ2n) is 6.93. The topological polar surface area (TPSA) is 121 Å². The Hall–Kier alpha value is -3.64. The third kappa shape index (κ3) is 3.87. The molecule has 0 radical (unpaired) electrons. The Morgan fingerprint density at radius 2 is 2.12 bits per heavy atom. The number of hydrogen-bond acceptors (Lipinski definition) is 10. The van der Waals surface area contributed by atoms with Crippen LogP contribution in [0.25, 0.3) is 27.2 Å². The summed E-state index contributed by atoms with van der Waals surface area (Å²) < 4.78 is 17.8. The Bertz CT molecular complexity index is 1470. The zero-order valence-electron chi connectivity index (χ0n) is 17.8. The number of fused-ring (bicyclic) bond motifs is 1. The fraction of sp³-hybridized carbons (Fsp3) is 0.190. The molecule has 5 aromatic rings. The molecule has 1 unspecified atom stereocenters. The van der Waals surface area contributed by atoms with Crippen molar-refractivity contribution in [3.05, 3.63) is 58.2 Å². The zero-order valence-corrected chi connectivity index (χ0v) is 19.4. The smallest absolute Gasteiger partial charge is 0.260 e. The standard InChI is InChI=1S/C21H18N6O4S2/c1-11(18-22-19(28)17-13(10-32-20(17)23-18)15-5-4-8-31-15)33-21-24-25-26-27(21)14-9-12(29-2)6-7-16(14)30-3/h4-11H,1-3H3,(H,22,23,28). The fourth-order valence-electron chi connectivity index (χ4n) is 3.35. The van der Waals surface area contributed by atoms with Gasteiger partial charge in [0.2, 0.25) is 5.16 Å². The summed E-state index contributed by atoms with van der Waals surface area (Å²) >= 11 is 2.76. The Morgan fingerprint density at radius 3 is 2.88 bits per heavy atom. The minimum absolute atomic E-state index is 0.218. The van der Waals surface area contributed by atoms with Crippen LogP contribution in [0.3, 0.4) is 0 Å². The van der Waals surface area contributed by atoms with Crippen molar-refractivity contribution < 1.29 is 13.9 Å². The van der Waals surface area contributed by atoms with E-state index in [-0.39, 0.29) is 10.8 Å². The molecule has 33 heavy (non-hydrogen) atoms. The van der Waals surface area contributed by atoms with Crippen molar-refractivity contribution in [1.29, 1.82) is 0 Å². The van der Waals surface area contributed by atoms with Crippen LogP contribution in [0.1, 0.15) is 18.0 Å². The number of ether oxygens (including phenoxy) is 2. The van der Waals surface area contributed by atoms with E-state index in [1.165, 1.54) is 23.1 Å². The Kier molecular flexibility index (Phi) is 5.60. The van der Waals surface area contributed by atoms with Gasteiger partial charge in [-0.15, -0.1) is 16.4 Å². The van der Waals surface area contributed by atoms with Gasteiger partial charge >= 0.3 is 0 Å². The Labute approximate surface area is 195 Å². The quantitative estimate of drug-likeness (QED) is 0.342. The van der Waals surface area contributed by atoms with Crippen molar-refractivity contribution in [3.63, 3.8) is 0 Å². The summed E-state index contributed by atoms with van der Waals surface area (Å²) in [6, 6.07) is 8.98. The molecule has 0 aliphatic carbocycles. The molecule has 0 bridgehead atoms. The van der Waals surface area contributed by atoms with Crippen LogP contribution in [0, 0.1) is 0 Å². The predicted molar refractivity (Wildman–Crippen MR) is 124 cm³/mol. The van der Waals surface area contributed by atoms with Crippen LogP contribution in [0.4, 0.5) is 0 Å². The number of hydrogen-bond donors (Lipinski definition) is 1. The average molecular weight is 483 g/mol. The molecule has 4 heterocycles. The number of thioether (sulfide) groups is 1. The maximum absolute atomic E-state index is 12.9. The van der Waals surface area contributed by atoms with Crippen molar-refractivity contribution in [2.45, 2.75) is 17.3 Å². The molecule has 10 nitrogen and oxygen atoms in total. The molecule has 0 saturated carbocycles. The van der Waals surface area contributed by atoms with E-state index < -0.39 is 0 Å². The van der Waals surface area contributed by atoms with Gasteiger partial charge in [0.1, 0.15) is 33.6 Å². The summed E-state index contributed by atoms with van der Waals surface area (Å²) in [6.07, 6.45) is 1.58. The number of aromatic nitrogens is 6. The summed E-state index contributed by atoms with van der Waals surface area (Å²) in [7, 11) is 3.16. The van der Waals surface area contributed by atoms with Gasteiger partial charge in [-0.05, 0) is 41.6 Å². The van der Waals surface area contributed by atoms with Gasteiger partial charge in [0.25, 0.3) is 5.56 Å². The summed E-state index contributed by atoms with van der Waals surface area (Å²) in [5, 5.41) is 14.8. The predicted octanol–water partition coefficient (Wildman–Crippen LogP) is 4.09. The molecule has 0 aliphatic heterocycles. The first-order valence-corrected chi connectivity index (χ1v) is 11.6. The molecule has 168 valence electrons. The summed E-state index contributed by atoms with van der Waals surface area (Å²) in [6.45, 7) is 1.93. The molecule has 0 fully saturated rings. The highest BCUT2D eigenvalue weighted by molar-refractivity contribution is 7.99. The molecular weight excluding hydrogens is 464 g/mol. The monoisotopic (exact) mass is 482 g/mol. The number of H-pyrrole nitrogens is 1. The third-order valence-corrected chi connectivity index (χ3v) is 6.89. The van der Waals surface area contributed by atoms with E-state index in [9.17, 15) is 4.79 Å². The SMILES string of the molecule is COc1ccc(OC)c(-n2nnnc2SC(C)c2nc3scc(-c4ccco4)c3c(=O)[nH]2)c1. The second-order valence-corrected chi connectivity index (χ2v) is 9.10. The van der Waals surface area contributed by atoms with Crippen LogP contribution in [-0.4, -0.2) is 44.4 Å². The number of furan rings is 1. The molecular formula is C21H18N6O4S2. The Balaban J connectivity index is 1.48. The van der Waals surface area contributed by atoms with Gasteiger partial charge in [-0.25, -0.2) is 4.98 Å². The first kappa shape index (κ1) is 21.2. The summed E-state index contributed by atoms with van der Waals surface area (Å²) in [5.41, 5.74) is 1.15. The number of aromatic amines is 1. The lowest BCUT2D eigenvalue weighted by Gasteiger charge is -2.13. The molecule has 0 aliphatic rings. The van der Waals surface area contributed by atoms with Gasteiger partial charge in [-0.3, -0.25) is 4.79 Å². The van der Waals surface area contributed by atoms with Gasteiger partial charge in [-0.2, -0.15) is 4.68 Å². The minimum Gasteiger partial charge on any atom is -0.497 e. The van der Waals surface area contributed by atoms with Crippen molar-refractivity contribution in [1.82, 2.24) is 30.2 Å². The number of methoxy groups -OCH3 is 2. The molecule has 1 atom stereocenters. The normalized spacial score (nSPS) is 12.2. The van der Waals surface area contributed by atoms with Crippen LogP contribution in [0.15, 0.2) is 56.3 Å². The molecule has 1 aromatic carbocycles. The number of nitrogens with zero attached hydrogens (tertiary/aromatic N) is 5. The lowest BCUT2D eigenvalue weighted by atomic mass is 10.2. The summed E-state index contributed by atoms with van der Waals surface area (Å²) in [5.74, 6) is 2.40. The summed E-state index contributed by atoms with van der Waals surface area (Å²) in [4.78, 5) is 21.1. The van der Waals surface area contributed by atoms with E-state index in [2.05, 4.69) is 25.5 Å². The third-order valence-electron chi connectivity index (χ3n) is 4.97. The van der Waals surface area contributed by atoms with Gasteiger partial charge in [-0.1, -0.05) is 11.8 Å². The van der Waals surface area contributed by atoms with Crippen LogP contribution in [0.2, 0.25) is 0 Å². The highest BCUT2D eigenvalue weighted by Gasteiger charge is 2.21. The molecule has 12 heteroatoms. The van der Waals surface area contributed by atoms with E-state index in [0.29, 0.717) is 44.1 Å². The van der Waals surface area contributed by atoms with Crippen molar-refractivity contribution in [2.75, 3.05) is 14.2 Å². The maximum Gasteiger partial charge on any atom is 0.260 e. The Morgan fingerprint density at radius 1 is 1.24 bits per heavy atom. The molecule has 0 amide bonds. The van der Waals surface area contributed by atoms with E-state index in [1.54, 1.807) is 49.4 Å². The van der Waals surface area contributed by atoms with Gasteiger partial charge < -0.3 is 18.9 Å². The van der Waals surface area contributed by atoms with E-state index in [0.717, 1.165) is 5.56 Å². The maximum atomic E-state index is 12.9. The minimum atomic E-state index is -0.238. The van der Waals surface area contributed by atoms with Gasteiger partial charge in [0.15, 0.2) is 0 Å². The number of rotatable bonds is 7. The van der Waals surface area contributed by atoms with Crippen LogP contribution in [-0.2, 0) is 0 Å². The molecule has 1 N–H and O–H groups in total. The average Bonchev–Trinajstić information content (AvgIpc) is 3.59.